The summed E-state index contributed by atoms with van der Waals surface area (Å²) in [5.74, 6) is -1.72. The number of nitrogens with zero attached hydrogens (tertiary/aromatic N) is 2. The van der Waals surface area contributed by atoms with Gasteiger partial charge in [0.1, 0.15) is 5.60 Å². The Kier molecular flexibility index (Phi) is 5.34. The van der Waals surface area contributed by atoms with E-state index >= 15 is 0 Å². The Morgan fingerprint density at radius 2 is 1.95 bits per heavy atom. The molecule has 9 heteroatoms. The van der Waals surface area contributed by atoms with Crippen molar-refractivity contribution in [2.75, 3.05) is 13.1 Å². The molecule has 9 nitrogen and oxygen atoms in total. The standard InChI is InChI=1S/C13H22N2O7/c1-12(2,3)22-11(18)14-7-5-4-6-9(14)13(19,10(16)17)8-15(20)21/h9,19H,4-8H2,1-3H3,(H,16,17)/t9-,13?/m0/s1. The highest BCUT2D eigenvalue weighted by molar-refractivity contribution is 5.80. The van der Waals surface area contributed by atoms with Crippen LogP contribution in [0.1, 0.15) is 40.0 Å². The SMILES string of the molecule is CC(C)(C)OC(=O)N1CCCC[C@H]1C(O)(C[N+](=O)[O-])C(=O)O. The highest BCUT2D eigenvalue weighted by Crippen LogP contribution is 2.29. The molecule has 2 N–H and O–H groups in total. The molecule has 22 heavy (non-hydrogen) atoms. The maximum Gasteiger partial charge on any atom is 0.410 e. The van der Waals surface area contributed by atoms with E-state index in [1.165, 1.54) is 0 Å². The number of aliphatic carboxylic acids is 1. The number of rotatable bonds is 4. The van der Waals surface area contributed by atoms with Gasteiger partial charge in [-0.2, -0.15) is 0 Å². The number of hydrogen-bond donors (Lipinski definition) is 2. The van der Waals surface area contributed by atoms with Crippen LogP contribution in [0.4, 0.5) is 4.79 Å². The minimum Gasteiger partial charge on any atom is -0.479 e. The smallest absolute Gasteiger partial charge is 0.410 e. The minimum absolute atomic E-state index is 0.163. The summed E-state index contributed by atoms with van der Waals surface area (Å²) in [5, 5.41) is 30.3. The number of amides is 1. The summed E-state index contributed by atoms with van der Waals surface area (Å²) in [5.41, 5.74) is -3.43. The van der Waals surface area contributed by atoms with Crippen LogP contribution in [0.25, 0.3) is 0 Å². The topological polar surface area (TPSA) is 130 Å². The average molecular weight is 318 g/mol. The fraction of sp³-hybridized carbons (Fsp3) is 0.846. The first-order chi connectivity index (χ1) is 9.97. The maximum atomic E-state index is 12.2. The molecule has 0 aliphatic carbocycles. The molecule has 0 radical (unpaired) electrons. The van der Waals surface area contributed by atoms with E-state index in [1.807, 2.05) is 0 Å². The number of aliphatic hydroxyl groups is 1. The van der Waals surface area contributed by atoms with Gasteiger partial charge in [0.25, 0.3) is 0 Å². The van der Waals surface area contributed by atoms with E-state index in [2.05, 4.69) is 0 Å². The van der Waals surface area contributed by atoms with E-state index in [9.17, 15) is 29.9 Å². The van der Waals surface area contributed by atoms with Crippen molar-refractivity contribution in [3.63, 3.8) is 0 Å². The van der Waals surface area contributed by atoms with Gasteiger partial charge in [-0.15, -0.1) is 0 Å². The van der Waals surface area contributed by atoms with Gasteiger partial charge in [-0.3, -0.25) is 10.1 Å². The minimum atomic E-state index is -2.64. The van der Waals surface area contributed by atoms with Gasteiger partial charge in [0.15, 0.2) is 0 Å². The lowest BCUT2D eigenvalue weighted by Gasteiger charge is -2.41. The van der Waals surface area contributed by atoms with E-state index in [-0.39, 0.29) is 13.0 Å². The number of carboxylic acids is 1. The summed E-state index contributed by atoms with van der Waals surface area (Å²) in [6.07, 6.45) is 0.567. The Balaban J connectivity index is 3.07. The number of piperidine rings is 1. The third-order valence-corrected chi connectivity index (χ3v) is 3.42. The fourth-order valence-electron chi connectivity index (χ4n) is 2.48. The molecule has 1 aliphatic rings. The van der Waals surface area contributed by atoms with Crippen molar-refractivity contribution in [3.8, 4) is 0 Å². The second-order valence-electron chi connectivity index (χ2n) is 6.41. The van der Waals surface area contributed by atoms with Gasteiger partial charge < -0.3 is 19.8 Å². The molecule has 1 amide bonds. The largest absolute Gasteiger partial charge is 0.479 e. The number of ether oxygens (including phenoxy) is 1. The average Bonchev–Trinajstić information content (AvgIpc) is 2.35. The molecule has 1 heterocycles. The first kappa shape index (κ1) is 18.1. The molecular weight excluding hydrogens is 296 g/mol. The number of hydrogen-bond acceptors (Lipinski definition) is 6. The van der Waals surface area contributed by atoms with Crippen molar-refractivity contribution in [3.05, 3.63) is 10.1 Å². The van der Waals surface area contributed by atoms with Crippen LogP contribution in [0.15, 0.2) is 0 Å². The Morgan fingerprint density at radius 3 is 2.41 bits per heavy atom. The Hall–Kier alpha value is -1.90. The van der Waals surface area contributed by atoms with Crippen molar-refractivity contribution in [2.45, 2.75) is 57.3 Å². The van der Waals surface area contributed by atoms with E-state index in [0.29, 0.717) is 12.8 Å². The second kappa shape index (κ2) is 6.47. The quantitative estimate of drug-likeness (QED) is 0.581. The van der Waals surface area contributed by atoms with E-state index in [4.69, 9.17) is 4.74 Å². The summed E-state index contributed by atoms with van der Waals surface area (Å²) in [6, 6.07) is -1.20. The van der Waals surface area contributed by atoms with Gasteiger partial charge in [-0.1, -0.05) is 0 Å². The molecular formula is C13H22N2O7. The van der Waals surface area contributed by atoms with Crippen molar-refractivity contribution < 1.29 is 29.5 Å². The zero-order valence-corrected chi connectivity index (χ0v) is 12.9. The summed E-state index contributed by atoms with van der Waals surface area (Å²) >= 11 is 0. The highest BCUT2D eigenvalue weighted by atomic mass is 16.6. The molecule has 1 unspecified atom stereocenters. The molecule has 0 aromatic heterocycles. The number of carbonyl (C=O) groups is 2. The van der Waals surface area contributed by atoms with Gasteiger partial charge in [-0.05, 0) is 40.0 Å². The Bertz CT molecular complexity index is 460. The van der Waals surface area contributed by atoms with Crippen LogP contribution >= 0.6 is 0 Å². The predicted octanol–water partition coefficient (Wildman–Crippen LogP) is 0.868. The summed E-state index contributed by atoms with van der Waals surface area (Å²) in [6.45, 7) is 3.98. The maximum absolute atomic E-state index is 12.2. The lowest BCUT2D eigenvalue weighted by Crippen LogP contribution is -2.63. The zero-order valence-electron chi connectivity index (χ0n) is 12.9. The van der Waals surface area contributed by atoms with Crippen LogP contribution in [-0.2, 0) is 9.53 Å². The van der Waals surface area contributed by atoms with Gasteiger partial charge in [0.05, 0.1) is 6.04 Å². The molecule has 1 aliphatic heterocycles. The van der Waals surface area contributed by atoms with Crippen LogP contribution < -0.4 is 0 Å². The van der Waals surface area contributed by atoms with Gasteiger partial charge in [-0.25, -0.2) is 9.59 Å². The zero-order chi connectivity index (χ0) is 17.1. The summed E-state index contributed by atoms with van der Waals surface area (Å²) in [4.78, 5) is 34.5. The van der Waals surface area contributed by atoms with Crippen molar-refractivity contribution >= 4 is 12.1 Å². The van der Waals surface area contributed by atoms with Crippen molar-refractivity contribution in [1.29, 1.82) is 0 Å². The molecule has 0 saturated carbocycles. The van der Waals surface area contributed by atoms with Crippen LogP contribution in [0.3, 0.4) is 0 Å². The Morgan fingerprint density at radius 1 is 1.36 bits per heavy atom. The second-order valence-corrected chi connectivity index (χ2v) is 6.41. The normalized spacial score (nSPS) is 21.8. The first-order valence-electron chi connectivity index (χ1n) is 7.04. The van der Waals surface area contributed by atoms with Crippen LogP contribution in [0.5, 0.6) is 0 Å². The lowest BCUT2D eigenvalue weighted by molar-refractivity contribution is -0.499. The highest BCUT2D eigenvalue weighted by Gasteiger charge is 2.53. The van der Waals surface area contributed by atoms with Crippen molar-refractivity contribution in [1.82, 2.24) is 4.90 Å². The van der Waals surface area contributed by atoms with Gasteiger partial charge >= 0.3 is 12.1 Å². The Labute approximate surface area is 128 Å². The predicted molar refractivity (Wildman–Crippen MR) is 75.0 cm³/mol. The molecule has 2 atom stereocenters. The monoisotopic (exact) mass is 318 g/mol. The van der Waals surface area contributed by atoms with Crippen LogP contribution in [-0.4, -0.2) is 62.4 Å². The van der Waals surface area contributed by atoms with Crippen molar-refractivity contribution in [2.24, 2.45) is 0 Å². The molecule has 0 spiro atoms. The molecule has 1 saturated heterocycles. The lowest BCUT2D eigenvalue weighted by atomic mass is 9.86. The fourth-order valence-corrected chi connectivity index (χ4v) is 2.48. The van der Waals surface area contributed by atoms with E-state index in [0.717, 1.165) is 4.90 Å². The molecule has 0 aromatic carbocycles. The molecule has 1 fully saturated rings. The molecule has 0 bridgehead atoms. The van der Waals surface area contributed by atoms with Gasteiger partial charge in [0, 0.05) is 11.5 Å². The molecule has 1 rings (SSSR count). The molecule has 126 valence electrons. The van der Waals surface area contributed by atoms with Crippen LogP contribution in [0, 0.1) is 10.1 Å². The third-order valence-electron chi connectivity index (χ3n) is 3.42. The van der Waals surface area contributed by atoms with Crippen LogP contribution in [0.2, 0.25) is 0 Å². The first-order valence-corrected chi connectivity index (χ1v) is 7.04. The summed E-state index contributed by atoms with van der Waals surface area (Å²) in [7, 11) is 0. The number of carboxylic acid groups (broad SMARTS) is 1. The molecule has 0 aromatic rings. The van der Waals surface area contributed by atoms with E-state index in [1.54, 1.807) is 20.8 Å². The van der Waals surface area contributed by atoms with Gasteiger partial charge in [0.2, 0.25) is 12.1 Å². The third kappa shape index (κ3) is 4.30. The number of likely N-dealkylation sites (tertiary alicyclic amines) is 1. The van der Waals surface area contributed by atoms with E-state index < -0.39 is 40.8 Å². The summed E-state index contributed by atoms with van der Waals surface area (Å²) < 4.78 is 5.20. The number of nitro groups is 1. The number of carbonyl (C=O) groups excluding carboxylic acids is 1.